The number of nitrogens with zero attached hydrogens (tertiary/aromatic N) is 2. The molecule has 0 radical (unpaired) electrons. The molecule has 0 atom stereocenters. The van der Waals surface area contributed by atoms with Crippen LogP contribution in [0.25, 0.3) is 0 Å². The van der Waals surface area contributed by atoms with Crippen molar-refractivity contribution in [3.8, 4) is 0 Å². The monoisotopic (exact) mass is 497 g/mol. The molecule has 8 heteroatoms. The molecule has 1 aromatic heterocycles. The van der Waals surface area contributed by atoms with Crippen molar-refractivity contribution >= 4 is 29.0 Å². The van der Waals surface area contributed by atoms with Crippen LogP contribution in [-0.4, -0.2) is 48.5 Å². The highest BCUT2D eigenvalue weighted by Crippen LogP contribution is 2.20. The second kappa shape index (κ2) is 13.0. The number of benzene rings is 2. The minimum absolute atomic E-state index is 0.0763. The van der Waals surface area contributed by atoms with Crippen LogP contribution in [0, 0.1) is 19.7 Å². The van der Waals surface area contributed by atoms with Crippen molar-refractivity contribution in [1.29, 1.82) is 0 Å². The van der Waals surface area contributed by atoms with Gasteiger partial charge in [-0.2, -0.15) is 0 Å². The van der Waals surface area contributed by atoms with E-state index in [-0.39, 0.29) is 24.3 Å². The Morgan fingerprint density at radius 3 is 2.31 bits per heavy atom. The fourth-order valence-electron chi connectivity index (χ4n) is 3.75. The van der Waals surface area contributed by atoms with Crippen molar-refractivity contribution in [2.24, 2.45) is 0 Å². The number of aryl methyl sites for hydroxylation is 2. The molecule has 0 aliphatic rings. The third kappa shape index (κ3) is 7.90. The Bertz CT molecular complexity index is 1080. The molecule has 3 rings (SSSR count). The quantitative estimate of drug-likeness (QED) is 0.351. The first-order valence-corrected chi connectivity index (χ1v) is 12.4. The fraction of sp³-hybridized carbons (Fsp3) is 0.333. The summed E-state index contributed by atoms with van der Waals surface area (Å²) in [6.45, 7) is 5.39. The normalized spacial score (nSPS) is 10.7. The summed E-state index contributed by atoms with van der Waals surface area (Å²) in [5.41, 5.74) is 3.49. The molecular formula is C27H32FN3O3S. The molecule has 0 saturated heterocycles. The number of ether oxygens (including phenoxy) is 1. The highest BCUT2D eigenvalue weighted by molar-refractivity contribution is 7.09. The molecule has 3 aromatic rings. The molecule has 186 valence electrons. The Morgan fingerprint density at radius 2 is 1.69 bits per heavy atom. The first-order chi connectivity index (χ1) is 16.9. The van der Waals surface area contributed by atoms with E-state index in [1.165, 1.54) is 17.0 Å². The van der Waals surface area contributed by atoms with Gasteiger partial charge in [-0.25, -0.2) is 9.18 Å². The summed E-state index contributed by atoms with van der Waals surface area (Å²) in [6.07, 6.45) is 0.604. The van der Waals surface area contributed by atoms with E-state index in [4.69, 9.17) is 4.74 Å². The zero-order valence-electron chi connectivity index (χ0n) is 20.4. The number of hydrogen-bond acceptors (Lipinski definition) is 4. The van der Waals surface area contributed by atoms with Crippen LogP contribution in [0.1, 0.15) is 28.0 Å². The van der Waals surface area contributed by atoms with Gasteiger partial charge in [0.2, 0.25) is 5.91 Å². The number of thiophene rings is 1. The van der Waals surface area contributed by atoms with Gasteiger partial charge in [-0.3, -0.25) is 4.79 Å². The number of halogens is 1. The number of carbonyl (C=O) groups excluding carboxylic acids is 2. The number of rotatable bonds is 11. The Morgan fingerprint density at radius 1 is 0.971 bits per heavy atom. The molecule has 0 saturated carbocycles. The summed E-state index contributed by atoms with van der Waals surface area (Å²) in [5.74, 6) is -0.505. The molecule has 0 aliphatic carbocycles. The number of hydrogen-bond donors (Lipinski definition) is 1. The number of methoxy groups -OCH3 is 1. The number of carbonyl (C=O) groups is 2. The topological polar surface area (TPSA) is 61.9 Å². The molecule has 35 heavy (non-hydrogen) atoms. The fourth-order valence-corrected chi connectivity index (χ4v) is 4.47. The average molecular weight is 498 g/mol. The lowest BCUT2D eigenvalue weighted by Crippen LogP contribution is -2.44. The molecule has 0 unspecified atom stereocenters. The SMILES string of the molecule is COCCCN(CC(=O)N(Cc1ccc(F)cc1)Cc1cccs1)C(=O)Nc1c(C)cccc1C. The van der Waals surface area contributed by atoms with Crippen LogP contribution < -0.4 is 5.32 Å². The first-order valence-electron chi connectivity index (χ1n) is 11.5. The van der Waals surface area contributed by atoms with Crippen LogP contribution in [0.2, 0.25) is 0 Å². The van der Waals surface area contributed by atoms with Crippen LogP contribution >= 0.6 is 11.3 Å². The molecule has 1 N–H and O–H groups in total. The molecule has 2 aromatic carbocycles. The predicted octanol–water partition coefficient (Wildman–Crippen LogP) is 5.60. The maximum atomic E-state index is 13.5. The lowest BCUT2D eigenvalue weighted by molar-refractivity contribution is -0.133. The second-order valence-electron chi connectivity index (χ2n) is 8.42. The van der Waals surface area contributed by atoms with Gasteiger partial charge in [0.15, 0.2) is 0 Å². The van der Waals surface area contributed by atoms with Crippen LogP contribution in [-0.2, 0) is 22.6 Å². The highest BCUT2D eigenvalue weighted by atomic mass is 32.1. The van der Waals surface area contributed by atoms with E-state index in [0.717, 1.165) is 27.3 Å². The van der Waals surface area contributed by atoms with Crippen molar-refractivity contribution in [2.75, 3.05) is 32.1 Å². The second-order valence-corrected chi connectivity index (χ2v) is 9.45. The van der Waals surface area contributed by atoms with Gasteiger partial charge in [0.25, 0.3) is 0 Å². The van der Waals surface area contributed by atoms with Gasteiger partial charge in [0.1, 0.15) is 12.4 Å². The summed E-state index contributed by atoms with van der Waals surface area (Å²) in [4.78, 5) is 31.0. The third-order valence-corrected chi connectivity index (χ3v) is 6.53. The molecule has 0 bridgehead atoms. The minimum Gasteiger partial charge on any atom is -0.385 e. The molecule has 6 nitrogen and oxygen atoms in total. The summed E-state index contributed by atoms with van der Waals surface area (Å²) in [7, 11) is 1.61. The molecule has 0 aliphatic heterocycles. The van der Waals surface area contributed by atoms with Gasteiger partial charge in [-0.05, 0) is 60.5 Å². The largest absolute Gasteiger partial charge is 0.385 e. The average Bonchev–Trinajstić information content (AvgIpc) is 3.35. The predicted molar refractivity (Wildman–Crippen MR) is 138 cm³/mol. The van der Waals surface area contributed by atoms with Crippen molar-refractivity contribution < 1.29 is 18.7 Å². The number of amides is 3. The summed E-state index contributed by atoms with van der Waals surface area (Å²) >= 11 is 1.57. The zero-order chi connectivity index (χ0) is 25.2. The number of urea groups is 1. The van der Waals surface area contributed by atoms with Crippen LogP contribution in [0.5, 0.6) is 0 Å². The lowest BCUT2D eigenvalue weighted by atomic mass is 10.1. The first kappa shape index (κ1) is 26.4. The van der Waals surface area contributed by atoms with Gasteiger partial charge in [-0.1, -0.05) is 36.4 Å². The Balaban J connectivity index is 1.78. The number of anilines is 1. The van der Waals surface area contributed by atoms with E-state index < -0.39 is 0 Å². The Kier molecular flexibility index (Phi) is 9.81. The molecule has 0 fully saturated rings. The zero-order valence-corrected chi connectivity index (χ0v) is 21.2. The Labute approximate surface area is 210 Å². The van der Waals surface area contributed by atoms with Crippen molar-refractivity contribution in [2.45, 2.75) is 33.4 Å². The molecule has 1 heterocycles. The van der Waals surface area contributed by atoms with E-state index in [1.807, 2.05) is 49.6 Å². The Hall–Kier alpha value is -3.23. The maximum Gasteiger partial charge on any atom is 0.322 e. The van der Waals surface area contributed by atoms with Gasteiger partial charge in [0.05, 0.1) is 6.54 Å². The number of nitrogens with one attached hydrogen (secondary N) is 1. The summed E-state index contributed by atoms with van der Waals surface area (Å²) in [5, 5.41) is 4.95. The molecular weight excluding hydrogens is 465 g/mol. The van der Waals surface area contributed by atoms with Crippen LogP contribution in [0.4, 0.5) is 14.9 Å². The van der Waals surface area contributed by atoms with E-state index in [1.54, 1.807) is 35.5 Å². The summed E-state index contributed by atoms with van der Waals surface area (Å²) < 4.78 is 18.5. The molecule has 3 amide bonds. The van der Waals surface area contributed by atoms with Gasteiger partial charge in [-0.15, -0.1) is 11.3 Å². The van der Waals surface area contributed by atoms with Gasteiger partial charge >= 0.3 is 6.03 Å². The van der Waals surface area contributed by atoms with Crippen molar-refractivity contribution in [3.05, 3.63) is 87.4 Å². The van der Waals surface area contributed by atoms with Crippen LogP contribution in [0.15, 0.2) is 60.0 Å². The van der Waals surface area contributed by atoms with Crippen molar-refractivity contribution in [1.82, 2.24) is 9.80 Å². The van der Waals surface area contributed by atoms with Gasteiger partial charge in [0, 0.05) is 37.4 Å². The van der Waals surface area contributed by atoms with Crippen molar-refractivity contribution in [3.63, 3.8) is 0 Å². The molecule has 0 spiro atoms. The van der Waals surface area contributed by atoms with Gasteiger partial charge < -0.3 is 19.9 Å². The number of para-hydroxylation sites is 1. The minimum atomic E-state index is -0.329. The highest BCUT2D eigenvalue weighted by Gasteiger charge is 2.23. The summed E-state index contributed by atoms with van der Waals surface area (Å²) in [6, 6.07) is 15.5. The standard InChI is InChI=1S/C27H32FN3O3S/c1-20-7-4-8-21(2)26(20)29-27(33)30(14-6-15-34-3)19-25(32)31(18-24-9-5-16-35-24)17-22-10-12-23(28)13-11-22/h4-5,7-13,16H,6,14-15,17-19H2,1-3H3,(H,29,33). The maximum absolute atomic E-state index is 13.5. The lowest BCUT2D eigenvalue weighted by Gasteiger charge is -2.28. The van der Waals surface area contributed by atoms with E-state index in [9.17, 15) is 14.0 Å². The van der Waals surface area contributed by atoms with E-state index >= 15 is 0 Å². The smallest absolute Gasteiger partial charge is 0.322 e. The van der Waals surface area contributed by atoms with Crippen LogP contribution in [0.3, 0.4) is 0 Å². The van der Waals surface area contributed by atoms with E-state index in [0.29, 0.717) is 32.7 Å². The third-order valence-electron chi connectivity index (χ3n) is 5.67. The van der Waals surface area contributed by atoms with E-state index in [2.05, 4.69) is 5.32 Å².